The fourth-order valence-electron chi connectivity index (χ4n) is 3.48. The molecule has 0 saturated heterocycles. The number of hydrogen-bond donors (Lipinski definition) is 0. The molecule has 0 spiro atoms. The molecule has 136 valence electrons. The third-order valence-corrected chi connectivity index (χ3v) is 4.96. The van der Waals surface area contributed by atoms with Crippen molar-refractivity contribution < 1.29 is 4.79 Å². The van der Waals surface area contributed by atoms with Gasteiger partial charge in [0.2, 0.25) is 0 Å². The van der Waals surface area contributed by atoms with Crippen molar-refractivity contribution in [2.24, 2.45) is 12.0 Å². The maximum atomic E-state index is 13.1. The maximum Gasteiger partial charge on any atom is 0.297 e. The molecule has 2 heterocycles. The number of para-hydroxylation sites is 2. The quantitative estimate of drug-likeness (QED) is 0.721. The zero-order valence-corrected chi connectivity index (χ0v) is 15.5. The average Bonchev–Trinajstić information content (AvgIpc) is 3.08. The van der Waals surface area contributed by atoms with Crippen molar-refractivity contribution in [1.29, 1.82) is 0 Å². The Morgan fingerprint density at radius 2 is 1.63 bits per heavy atom. The highest BCUT2D eigenvalue weighted by Crippen LogP contribution is 2.30. The Kier molecular flexibility index (Phi) is 4.03. The molecule has 1 aromatic heterocycles. The van der Waals surface area contributed by atoms with Crippen molar-refractivity contribution in [1.82, 2.24) is 9.36 Å². The lowest BCUT2D eigenvalue weighted by molar-refractivity contribution is -0.112. The van der Waals surface area contributed by atoms with Gasteiger partial charge in [-0.25, -0.2) is 9.67 Å². The molecular weight excluding hydrogens is 340 g/mol. The topological polar surface area (TPSA) is 59.6 Å². The maximum absolute atomic E-state index is 13.1. The van der Waals surface area contributed by atoms with Crippen LogP contribution in [-0.2, 0) is 11.8 Å². The first kappa shape index (κ1) is 17.0. The van der Waals surface area contributed by atoms with Gasteiger partial charge in [-0.15, -0.1) is 0 Å². The van der Waals surface area contributed by atoms with Crippen molar-refractivity contribution in [3.05, 3.63) is 76.2 Å². The predicted octanol–water partition coefficient (Wildman–Crippen LogP) is 2.97. The number of benzene rings is 2. The molecule has 0 unspecified atom stereocenters. The summed E-state index contributed by atoms with van der Waals surface area (Å²) >= 11 is 0. The SMILES string of the molecule is CCN1C(=O)C(=Nc2c(C)n(C)n(-c3ccccc3)c2=O)c2ccccc21. The van der Waals surface area contributed by atoms with E-state index in [-0.39, 0.29) is 17.2 Å². The van der Waals surface area contributed by atoms with Crippen molar-refractivity contribution in [2.75, 3.05) is 11.4 Å². The molecule has 6 heteroatoms. The molecule has 0 N–H and O–H groups in total. The van der Waals surface area contributed by atoms with E-state index in [0.717, 1.165) is 16.9 Å². The Morgan fingerprint density at radius 3 is 2.33 bits per heavy atom. The molecule has 6 nitrogen and oxygen atoms in total. The fourth-order valence-corrected chi connectivity index (χ4v) is 3.48. The minimum absolute atomic E-state index is 0.174. The summed E-state index contributed by atoms with van der Waals surface area (Å²) in [5.41, 5.74) is 3.42. The Bertz CT molecular complexity index is 1120. The van der Waals surface area contributed by atoms with E-state index in [1.807, 2.05) is 75.5 Å². The number of likely N-dealkylation sites (N-methyl/N-ethyl adjacent to an activating group) is 1. The van der Waals surface area contributed by atoms with E-state index in [1.165, 1.54) is 0 Å². The third-order valence-electron chi connectivity index (χ3n) is 4.96. The second-order valence-electron chi connectivity index (χ2n) is 6.44. The van der Waals surface area contributed by atoms with Crippen LogP contribution < -0.4 is 10.5 Å². The van der Waals surface area contributed by atoms with Crippen LogP contribution in [0.25, 0.3) is 5.69 Å². The molecule has 0 atom stereocenters. The van der Waals surface area contributed by atoms with Gasteiger partial charge in [0.1, 0.15) is 5.71 Å². The van der Waals surface area contributed by atoms with Gasteiger partial charge in [-0.2, -0.15) is 0 Å². The zero-order chi connectivity index (χ0) is 19.1. The van der Waals surface area contributed by atoms with E-state index >= 15 is 0 Å². The van der Waals surface area contributed by atoms with E-state index in [1.54, 1.807) is 14.3 Å². The van der Waals surface area contributed by atoms with E-state index < -0.39 is 0 Å². The van der Waals surface area contributed by atoms with Gasteiger partial charge in [-0.1, -0.05) is 36.4 Å². The summed E-state index contributed by atoms with van der Waals surface area (Å²) in [6, 6.07) is 16.9. The number of carbonyl (C=O) groups is 1. The van der Waals surface area contributed by atoms with E-state index in [9.17, 15) is 9.59 Å². The molecule has 0 saturated carbocycles. The number of anilines is 1. The van der Waals surface area contributed by atoms with Gasteiger partial charge in [0.15, 0.2) is 5.69 Å². The number of amides is 1. The Hall–Kier alpha value is -3.41. The summed E-state index contributed by atoms with van der Waals surface area (Å²) in [7, 11) is 1.82. The van der Waals surface area contributed by atoms with Gasteiger partial charge in [-0.05, 0) is 32.0 Å². The summed E-state index contributed by atoms with van der Waals surface area (Å²) in [4.78, 5) is 32.2. The number of hydrogen-bond acceptors (Lipinski definition) is 3. The standard InChI is InChI=1S/C21H20N4O2/c1-4-24-17-13-9-8-12-16(17)19(20(24)26)22-18-14(2)23(3)25(21(18)27)15-10-6-5-7-11-15/h5-13H,4H2,1-3H3. The molecule has 3 aromatic rings. The molecule has 0 bridgehead atoms. The van der Waals surface area contributed by atoms with Crippen LogP contribution in [0, 0.1) is 6.92 Å². The highest BCUT2D eigenvalue weighted by Gasteiger charge is 2.33. The summed E-state index contributed by atoms with van der Waals surface area (Å²) < 4.78 is 3.33. The molecule has 27 heavy (non-hydrogen) atoms. The molecule has 1 amide bonds. The number of carbonyl (C=O) groups excluding carboxylic acids is 1. The van der Waals surface area contributed by atoms with Crippen LogP contribution in [0.4, 0.5) is 11.4 Å². The van der Waals surface area contributed by atoms with E-state index in [0.29, 0.717) is 18.0 Å². The largest absolute Gasteiger partial charge is 0.307 e. The predicted molar refractivity (Wildman–Crippen MR) is 106 cm³/mol. The lowest BCUT2D eigenvalue weighted by Gasteiger charge is -2.12. The smallest absolute Gasteiger partial charge is 0.297 e. The molecule has 4 rings (SSSR count). The highest BCUT2D eigenvalue weighted by molar-refractivity contribution is 6.54. The lowest BCUT2D eigenvalue weighted by Crippen LogP contribution is -2.29. The Labute approximate surface area is 157 Å². The van der Waals surface area contributed by atoms with Crippen LogP contribution in [0.5, 0.6) is 0 Å². The van der Waals surface area contributed by atoms with Crippen LogP contribution in [0.1, 0.15) is 18.2 Å². The zero-order valence-electron chi connectivity index (χ0n) is 15.5. The lowest BCUT2D eigenvalue weighted by atomic mass is 10.1. The molecule has 0 fully saturated rings. The van der Waals surface area contributed by atoms with Gasteiger partial charge in [0.25, 0.3) is 11.5 Å². The monoisotopic (exact) mass is 360 g/mol. The Morgan fingerprint density at radius 1 is 0.963 bits per heavy atom. The van der Waals surface area contributed by atoms with Crippen LogP contribution >= 0.6 is 0 Å². The van der Waals surface area contributed by atoms with Crippen molar-refractivity contribution in [3.63, 3.8) is 0 Å². The van der Waals surface area contributed by atoms with E-state index in [4.69, 9.17) is 0 Å². The first-order valence-corrected chi connectivity index (χ1v) is 8.88. The van der Waals surface area contributed by atoms with E-state index in [2.05, 4.69) is 4.99 Å². The van der Waals surface area contributed by atoms with Crippen LogP contribution in [0.2, 0.25) is 0 Å². The number of rotatable bonds is 3. The summed E-state index contributed by atoms with van der Waals surface area (Å²) in [6.45, 7) is 4.31. The minimum Gasteiger partial charge on any atom is -0.307 e. The third kappa shape index (κ3) is 2.52. The average molecular weight is 360 g/mol. The normalized spacial score (nSPS) is 14.9. The van der Waals surface area contributed by atoms with Crippen LogP contribution in [0.15, 0.2) is 64.4 Å². The number of aliphatic imine (C=N–C) groups is 1. The van der Waals surface area contributed by atoms with Gasteiger partial charge >= 0.3 is 0 Å². The van der Waals surface area contributed by atoms with Gasteiger partial charge in [-0.3, -0.25) is 14.3 Å². The molecular formula is C21H20N4O2. The molecule has 1 aliphatic heterocycles. The fraction of sp³-hybridized carbons (Fsp3) is 0.190. The van der Waals surface area contributed by atoms with Gasteiger partial charge in [0, 0.05) is 19.2 Å². The number of aromatic nitrogens is 2. The van der Waals surface area contributed by atoms with Crippen molar-refractivity contribution in [3.8, 4) is 5.69 Å². The first-order valence-electron chi connectivity index (χ1n) is 8.88. The summed E-state index contributed by atoms with van der Waals surface area (Å²) in [5, 5.41) is 0. The second-order valence-corrected chi connectivity index (χ2v) is 6.44. The number of fused-ring (bicyclic) bond motifs is 1. The minimum atomic E-state index is -0.242. The van der Waals surface area contributed by atoms with Crippen molar-refractivity contribution in [2.45, 2.75) is 13.8 Å². The molecule has 2 aromatic carbocycles. The van der Waals surface area contributed by atoms with Crippen LogP contribution in [0.3, 0.4) is 0 Å². The first-order chi connectivity index (χ1) is 13.0. The molecule has 0 aliphatic carbocycles. The Balaban J connectivity index is 1.92. The molecule has 1 aliphatic rings. The summed E-state index contributed by atoms with van der Waals surface area (Å²) in [6.07, 6.45) is 0. The van der Waals surface area contributed by atoms with Crippen molar-refractivity contribution >= 4 is 23.0 Å². The second kappa shape index (κ2) is 6.39. The van der Waals surface area contributed by atoms with Crippen LogP contribution in [-0.4, -0.2) is 27.5 Å². The number of nitrogens with zero attached hydrogens (tertiary/aromatic N) is 4. The molecule has 0 radical (unpaired) electrons. The summed E-state index contributed by atoms with van der Waals surface area (Å²) in [5.74, 6) is -0.174. The van der Waals surface area contributed by atoms with Gasteiger partial charge in [0.05, 0.1) is 17.1 Å². The van der Waals surface area contributed by atoms with Gasteiger partial charge < -0.3 is 4.90 Å². The highest BCUT2D eigenvalue weighted by atomic mass is 16.2.